The van der Waals surface area contributed by atoms with Crippen LogP contribution in [0.5, 0.6) is 11.6 Å². The first kappa shape index (κ1) is 16.2. The minimum Gasteiger partial charge on any atom is -0.436 e. The van der Waals surface area contributed by atoms with E-state index in [9.17, 15) is 0 Å². The molecule has 2 aromatic rings. The number of aromatic nitrogens is 2. The standard InChI is InChI=1S/C15H17BrClN3O/c1-15(2,3)20-8-11-7-19-14(9-18-11)21-13-6-10(16)4-5-12(13)17/h4-7,9,20H,8H2,1-3H3. The van der Waals surface area contributed by atoms with Gasteiger partial charge in [-0.1, -0.05) is 27.5 Å². The molecule has 0 aliphatic heterocycles. The van der Waals surface area contributed by atoms with Gasteiger partial charge in [-0.3, -0.25) is 4.98 Å². The molecule has 0 bridgehead atoms. The molecular formula is C15H17BrClN3O. The Morgan fingerprint density at radius 1 is 1.24 bits per heavy atom. The van der Waals surface area contributed by atoms with Gasteiger partial charge in [0, 0.05) is 16.6 Å². The van der Waals surface area contributed by atoms with Gasteiger partial charge in [-0.05, 0) is 39.0 Å². The zero-order chi connectivity index (χ0) is 15.5. The minimum atomic E-state index is 0.0424. The van der Waals surface area contributed by atoms with Crippen LogP contribution in [0.2, 0.25) is 5.02 Å². The Kier molecular flexibility index (Phi) is 5.19. The molecule has 0 spiro atoms. The van der Waals surface area contributed by atoms with Crippen LogP contribution in [0.3, 0.4) is 0 Å². The molecule has 0 radical (unpaired) electrons. The third-order valence-electron chi connectivity index (χ3n) is 2.59. The molecule has 0 fully saturated rings. The third kappa shape index (κ3) is 5.26. The molecule has 0 amide bonds. The Morgan fingerprint density at radius 3 is 2.62 bits per heavy atom. The van der Waals surface area contributed by atoms with Gasteiger partial charge < -0.3 is 10.1 Å². The Labute approximate surface area is 138 Å². The molecule has 1 N–H and O–H groups in total. The largest absolute Gasteiger partial charge is 0.436 e. The first-order valence-corrected chi connectivity index (χ1v) is 7.69. The summed E-state index contributed by atoms with van der Waals surface area (Å²) in [5, 5.41) is 3.88. The zero-order valence-corrected chi connectivity index (χ0v) is 14.5. The van der Waals surface area contributed by atoms with Crippen molar-refractivity contribution < 1.29 is 4.74 Å². The molecule has 4 nitrogen and oxygen atoms in total. The molecule has 1 aromatic heterocycles. The average molecular weight is 371 g/mol. The van der Waals surface area contributed by atoms with E-state index in [4.69, 9.17) is 16.3 Å². The Balaban J connectivity index is 2.04. The lowest BCUT2D eigenvalue weighted by molar-refractivity contribution is 0.418. The van der Waals surface area contributed by atoms with Crippen molar-refractivity contribution in [2.75, 3.05) is 0 Å². The lowest BCUT2D eigenvalue weighted by Crippen LogP contribution is -2.35. The van der Waals surface area contributed by atoms with Crippen LogP contribution < -0.4 is 10.1 Å². The van der Waals surface area contributed by atoms with Crippen molar-refractivity contribution in [1.82, 2.24) is 15.3 Å². The fraction of sp³-hybridized carbons (Fsp3) is 0.333. The summed E-state index contributed by atoms with van der Waals surface area (Å²) in [6.45, 7) is 6.97. The monoisotopic (exact) mass is 369 g/mol. The summed E-state index contributed by atoms with van der Waals surface area (Å²) in [6.07, 6.45) is 3.29. The molecule has 0 saturated carbocycles. The van der Waals surface area contributed by atoms with Crippen LogP contribution in [-0.4, -0.2) is 15.5 Å². The summed E-state index contributed by atoms with van der Waals surface area (Å²) in [6, 6.07) is 5.40. The van der Waals surface area contributed by atoms with Crippen LogP contribution in [-0.2, 0) is 6.54 Å². The maximum atomic E-state index is 6.07. The summed E-state index contributed by atoms with van der Waals surface area (Å²) in [7, 11) is 0. The predicted octanol–water partition coefficient (Wildman–Crippen LogP) is 4.57. The molecule has 0 atom stereocenters. The molecule has 21 heavy (non-hydrogen) atoms. The summed E-state index contributed by atoms with van der Waals surface area (Å²) < 4.78 is 6.52. The lowest BCUT2D eigenvalue weighted by Gasteiger charge is -2.19. The highest BCUT2D eigenvalue weighted by Gasteiger charge is 2.10. The second-order valence-electron chi connectivity index (χ2n) is 5.63. The number of rotatable bonds is 4. The van der Waals surface area contributed by atoms with Gasteiger partial charge in [0.25, 0.3) is 0 Å². The number of halogens is 2. The number of hydrogen-bond acceptors (Lipinski definition) is 4. The molecule has 1 aromatic carbocycles. The first-order valence-electron chi connectivity index (χ1n) is 6.52. The minimum absolute atomic E-state index is 0.0424. The fourth-order valence-electron chi connectivity index (χ4n) is 1.51. The number of nitrogens with one attached hydrogen (secondary N) is 1. The van der Waals surface area contributed by atoms with Crippen molar-refractivity contribution >= 4 is 27.5 Å². The van der Waals surface area contributed by atoms with E-state index >= 15 is 0 Å². The van der Waals surface area contributed by atoms with Gasteiger partial charge in [0.15, 0.2) is 0 Å². The summed E-state index contributed by atoms with van der Waals surface area (Å²) in [5.41, 5.74) is 0.901. The van der Waals surface area contributed by atoms with Gasteiger partial charge in [0.1, 0.15) is 5.75 Å². The van der Waals surface area contributed by atoms with E-state index in [1.54, 1.807) is 24.5 Å². The van der Waals surface area contributed by atoms with E-state index in [2.05, 4.69) is 52.0 Å². The van der Waals surface area contributed by atoms with E-state index in [-0.39, 0.29) is 5.54 Å². The van der Waals surface area contributed by atoms with E-state index in [0.717, 1.165) is 10.2 Å². The molecule has 0 unspecified atom stereocenters. The van der Waals surface area contributed by atoms with Gasteiger partial charge in [0.2, 0.25) is 5.88 Å². The Hall–Kier alpha value is -1.17. The van der Waals surface area contributed by atoms with E-state index in [1.807, 2.05) is 6.07 Å². The molecule has 1 heterocycles. The summed E-state index contributed by atoms with van der Waals surface area (Å²) in [5.74, 6) is 0.954. The van der Waals surface area contributed by atoms with Crippen molar-refractivity contribution in [1.29, 1.82) is 0 Å². The normalized spacial score (nSPS) is 11.5. The molecule has 112 valence electrons. The van der Waals surface area contributed by atoms with Crippen molar-refractivity contribution in [2.45, 2.75) is 32.9 Å². The molecule has 2 rings (SSSR count). The summed E-state index contributed by atoms with van der Waals surface area (Å²) in [4.78, 5) is 8.57. The molecular weight excluding hydrogens is 354 g/mol. The van der Waals surface area contributed by atoms with Gasteiger partial charge >= 0.3 is 0 Å². The van der Waals surface area contributed by atoms with E-state index in [1.165, 1.54) is 0 Å². The van der Waals surface area contributed by atoms with Crippen molar-refractivity contribution in [3.8, 4) is 11.6 Å². The fourth-order valence-corrected chi connectivity index (χ4v) is 2.01. The highest BCUT2D eigenvalue weighted by Crippen LogP contribution is 2.30. The quantitative estimate of drug-likeness (QED) is 0.856. The molecule has 0 aliphatic carbocycles. The SMILES string of the molecule is CC(C)(C)NCc1cnc(Oc2cc(Br)ccc2Cl)cn1. The van der Waals surface area contributed by atoms with Crippen LogP contribution in [0.15, 0.2) is 35.1 Å². The van der Waals surface area contributed by atoms with Crippen molar-refractivity contribution in [3.05, 3.63) is 45.8 Å². The third-order valence-corrected chi connectivity index (χ3v) is 3.39. The number of hydrogen-bond donors (Lipinski definition) is 1. The second kappa shape index (κ2) is 6.73. The van der Waals surface area contributed by atoms with Crippen molar-refractivity contribution in [3.63, 3.8) is 0 Å². The maximum absolute atomic E-state index is 6.07. The highest BCUT2D eigenvalue weighted by atomic mass is 79.9. The topological polar surface area (TPSA) is 47.0 Å². The molecule has 6 heteroatoms. The predicted molar refractivity (Wildman–Crippen MR) is 87.9 cm³/mol. The lowest BCUT2D eigenvalue weighted by atomic mass is 10.1. The summed E-state index contributed by atoms with van der Waals surface area (Å²) >= 11 is 9.45. The maximum Gasteiger partial charge on any atom is 0.237 e. The van der Waals surface area contributed by atoms with Gasteiger partial charge in [-0.2, -0.15) is 0 Å². The number of nitrogens with zero attached hydrogens (tertiary/aromatic N) is 2. The van der Waals surface area contributed by atoms with Gasteiger partial charge in [-0.15, -0.1) is 0 Å². The molecule has 0 saturated heterocycles. The zero-order valence-electron chi connectivity index (χ0n) is 12.2. The van der Waals surface area contributed by atoms with Crippen LogP contribution in [0.4, 0.5) is 0 Å². The average Bonchev–Trinajstić information content (AvgIpc) is 2.41. The number of benzene rings is 1. The Morgan fingerprint density at radius 2 is 2.00 bits per heavy atom. The van der Waals surface area contributed by atoms with Crippen LogP contribution in [0, 0.1) is 0 Å². The second-order valence-corrected chi connectivity index (χ2v) is 6.95. The van der Waals surface area contributed by atoms with E-state index < -0.39 is 0 Å². The van der Waals surface area contributed by atoms with Crippen LogP contribution in [0.25, 0.3) is 0 Å². The van der Waals surface area contributed by atoms with Crippen molar-refractivity contribution in [2.24, 2.45) is 0 Å². The van der Waals surface area contributed by atoms with E-state index in [0.29, 0.717) is 23.2 Å². The molecule has 0 aliphatic rings. The van der Waals surface area contributed by atoms with Gasteiger partial charge in [0.05, 0.1) is 23.1 Å². The van der Waals surface area contributed by atoms with Crippen LogP contribution >= 0.6 is 27.5 Å². The first-order chi connectivity index (χ1) is 9.83. The number of ether oxygens (including phenoxy) is 1. The Bertz CT molecular complexity index is 611. The highest BCUT2D eigenvalue weighted by molar-refractivity contribution is 9.10. The van der Waals surface area contributed by atoms with Gasteiger partial charge in [-0.25, -0.2) is 4.98 Å². The smallest absolute Gasteiger partial charge is 0.237 e. The van der Waals surface area contributed by atoms with Crippen LogP contribution in [0.1, 0.15) is 26.5 Å².